The predicted molar refractivity (Wildman–Crippen MR) is 91.9 cm³/mol. The molecule has 0 saturated heterocycles. The maximum absolute atomic E-state index is 11.1. The number of hydrogen-bond acceptors (Lipinski definition) is 4. The maximum Gasteiger partial charge on any atom is 0.147 e. The fourth-order valence-corrected chi connectivity index (χ4v) is 3.30. The molecule has 5 heteroatoms. The lowest BCUT2D eigenvalue weighted by Crippen LogP contribution is -2.35. The van der Waals surface area contributed by atoms with Gasteiger partial charge in [-0.25, -0.2) is 8.42 Å². The van der Waals surface area contributed by atoms with Crippen molar-refractivity contribution in [1.82, 2.24) is 5.43 Å². The van der Waals surface area contributed by atoms with Crippen molar-refractivity contribution in [3.8, 4) is 0 Å². The van der Waals surface area contributed by atoms with Gasteiger partial charge in [0.1, 0.15) is 9.84 Å². The molecule has 128 valence electrons. The molecule has 1 unspecified atom stereocenters. The first kappa shape index (κ1) is 20.9. The standard InChI is InChI=1S/C16H36N2O2S/c1-3-4-5-6-7-8-9-10-11-13-16(18-17)14-12-15-21(2,19)20/h16,18H,3-15,17H2,1-2H3. The molecule has 4 nitrogen and oxygen atoms in total. The van der Waals surface area contributed by atoms with Gasteiger partial charge >= 0.3 is 0 Å². The Bertz CT molecular complexity index is 318. The molecule has 0 heterocycles. The molecular weight excluding hydrogens is 284 g/mol. The molecule has 21 heavy (non-hydrogen) atoms. The van der Waals surface area contributed by atoms with Crippen molar-refractivity contribution in [2.45, 2.75) is 90.0 Å². The molecule has 0 amide bonds. The van der Waals surface area contributed by atoms with Crippen LogP contribution in [-0.4, -0.2) is 26.5 Å². The summed E-state index contributed by atoms with van der Waals surface area (Å²) in [5.41, 5.74) is 2.82. The second-order valence-electron chi connectivity index (χ2n) is 6.25. The Kier molecular flexibility index (Phi) is 13.4. The van der Waals surface area contributed by atoms with Crippen LogP contribution in [0.25, 0.3) is 0 Å². The zero-order valence-corrected chi connectivity index (χ0v) is 14.9. The van der Waals surface area contributed by atoms with Crippen molar-refractivity contribution in [2.24, 2.45) is 5.84 Å². The van der Waals surface area contributed by atoms with Gasteiger partial charge in [-0.15, -0.1) is 0 Å². The normalized spacial score (nSPS) is 13.5. The molecule has 0 rings (SSSR count). The maximum atomic E-state index is 11.1. The van der Waals surface area contributed by atoms with Crippen LogP contribution in [0.2, 0.25) is 0 Å². The van der Waals surface area contributed by atoms with Gasteiger partial charge in [0.05, 0.1) is 0 Å². The molecule has 0 fully saturated rings. The fourth-order valence-electron chi connectivity index (χ4n) is 2.60. The van der Waals surface area contributed by atoms with E-state index in [-0.39, 0.29) is 11.8 Å². The number of nitrogens with two attached hydrogens (primary N) is 1. The molecule has 0 aromatic carbocycles. The quantitative estimate of drug-likeness (QED) is 0.275. The highest BCUT2D eigenvalue weighted by Gasteiger charge is 2.08. The van der Waals surface area contributed by atoms with Gasteiger partial charge in [0.2, 0.25) is 0 Å². The highest BCUT2D eigenvalue weighted by atomic mass is 32.2. The van der Waals surface area contributed by atoms with Crippen LogP contribution in [0.1, 0.15) is 84.0 Å². The largest absolute Gasteiger partial charge is 0.271 e. The van der Waals surface area contributed by atoms with Crippen molar-refractivity contribution in [3.05, 3.63) is 0 Å². The molecule has 0 aromatic heterocycles. The summed E-state index contributed by atoms with van der Waals surface area (Å²) >= 11 is 0. The van der Waals surface area contributed by atoms with Gasteiger partial charge in [-0.1, -0.05) is 64.7 Å². The third-order valence-electron chi connectivity index (χ3n) is 3.96. The zero-order valence-electron chi connectivity index (χ0n) is 14.1. The Morgan fingerprint density at radius 1 is 0.857 bits per heavy atom. The van der Waals surface area contributed by atoms with E-state index in [9.17, 15) is 8.42 Å². The van der Waals surface area contributed by atoms with E-state index >= 15 is 0 Å². The van der Waals surface area contributed by atoms with E-state index in [2.05, 4.69) is 12.3 Å². The molecule has 0 bridgehead atoms. The third-order valence-corrected chi connectivity index (χ3v) is 4.99. The minimum atomic E-state index is -2.84. The first-order valence-corrected chi connectivity index (χ1v) is 10.7. The third kappa shape index (κ3) is 16.1. The average Bonchev–Trinajstić information content (AvgIpc) is 2.42. The summed E-state index contributed by atoms with van der Waals surface area (Å²) in [5, 5.41) is 0. The predicted octanol–water partition coefficient (Wildman–Crippen LogP) is 3.56. The van der Waals surface area contributed by atoms with Gasteiger partial charge in [0.15, 0.2) is 0 Å². The summed E-state index contributed by atoms with van der Waals surface area (Å²) in [6.45, 7) is 2.25. The summed E-state index contributed by atoms with van der Waals surface area (Å²) in [6.07, 6.45) is 15.8. The smallest absolute Gasteiger partial charge is 0.147 e. The minimum absolute atomic E-state index is 0.260. The highest BCUT2D eigenvalue weighted by Crippen LogP contribution is 2.13. The Hall–Kier alpha value is -0.130. The molecular formula is C16H36N2O2S. The van der Waals surface area contributed by atoms with E-state index in [0.717, 1.165) is 12.8 Å². The SMILES string of the molecule is CCCCCCCCCCCC(CCCS(C)(=O)=O)NN. The molecule has 3 N–H and O–H groups in total. The minimum Gasteiger partial charge on any atom is -0.271 e. The Labute approximate surface area is 132 Å². The number of unbranched alkanes of at least 4 members (excludes halogenated alkanes) is 8. The zero-order chi connectivity index (χ0) is 16.0. The second kappa shape index (κ2) is 13.5. The Balaban J connectivity index is 3.42. The Morgan fingerprint density at radius 2 is 1.33 bits per heavy atom. The number of hydrazine groups is 1. The molecule has 0 radical (unpaired) electrons. The molecule has 0 aliphatic carbocycles. The van der Waals surface area contributed by atoms with Gasteiger partial charge in [-0.2, -0.15) is 0 Å². The lowest BCUT2D eigenvalue weighted by molar-refractivity contribution is 0.433. The molecule has 0 aliphatic rings. The van der Waals surface area contributed by atoms with Crippen LogP contribution in [-0.2, 0) is 9.84 Å². The topological polar surface area (TPSA) is 72.2 Å². The van der Waals surface area contributed by atoms with Crippen LogP contribution < -0.4 is 11.3 Å². The molecule has 0 saturated carbocycles. The number of nitrogens with one attached hydrogen (secondary N) is 1. The summed E-state index contributed by atoms with van der Waals surface area (Å²) in [6, 6.07) is 0.260. The lowest BCUT2D eigenvalue weighted by atomic mass is 10.0. The van der Waals surface area contributed by atoms with Crippen LogP contribution in [0.4, 0.5) is 0 Å². The fraction of sp³-hybridized carbons (Fsp3) is 1.00. The van der Waals surface area contributed by atoms with Gasteiger partial charge in [-0.05, 0) is 19.3 Å². The highest BCUT2D eigenvalue weighted by molar-refractivity contribution is 7.90. The van der Waals surface area contributed by atoms with E-state index in [1.54, 1.807) is 0 Å². The van der Waals surface area contributed by atoms with Crippen molar-refractivity contribution in [1.29, 1.82) is 0 Å². The molecule has 1 atom stereocenters. The molecule has 0 aromatic rings. The van der Waals surface area contributed by atoms with Gasteiger partial charge < -0.3 is 0 Å². The van der Waals surface area contributed by atoms with Crippen LogP contribution in [0.5, 0.6) is 0 Å². The summed E-state index contributed by atoms with van der Waals surface area (Å²) in [7, 11) is -2.84. The second-order valence-corrected chi connectivity index (χ2v) is 8.51. The van der Waals surface area contributed by atoms with Gasteiger partial charge in [0, 0.05) is 18.1 Å². The van der Waals surface area contributed by atoms with E-state index in [0.29, 0.717) is 6.42 Å². The Morgan fingerprint density at radius 3 is 1.81 bits per heavy atom. The molecule has 0 aliphatic heterocycles. The van der Waals surface area contributed by atoms with E-state index in [4.69, 9.17) is 5.84 Å². The molecule has 0 spiro atoms. The van der Waals surface area contributed by atoms with Crippen LogP contribution in [0.3, 0.4) is 0 Å². The monoisotopic (exact) mass is 320 g/mol. The van der Waals surface area contributed by atoms with E-state index in [1.165, 1.54) is 64.0 Å². The van der Waals surface area contributed by atoms with Crippen molar-refractivity contribution in [2.75, 3.05) is 12.0 Å². The van der Waals surface area contributed by atoms with Crippen molar-refractivity contribution < 1.29 is 8.42 Å². The van der Waals surface area contributed by atoms with Crippen LogP contribution in [0.15, 0.2) is 0 Å². The van der Waals surface area contributed by atoms with Crippen molar-refractivity contribution in [3.63, 3.8) is 0 Å². The van der Waals surface area contributed by atoms with E-state index in [1.807, 2.05) is 0 Å². The van der Waals surface area contributed by atoms with Gasteiger partial charge in [-0.3, -0.25) is 11.3 Å². The number of rotatable bonds is 15. The first-order valence-electron chi connectivity index (χ1n) is 8.63. The number of hydrogen-bond donors (Lipinski definition) is 2. The van der Waals surface area contributed by atoms with Gasteiger partial charge in [0.25, 0.3) is 0 Å². The average molecular weight is 321 g/mol. The van der Waals surface area contributed by atoms with Crippen LogP contribution >= 0.6 is 0 Å². The summed E-state index contributed by atoms with van der Waals surface area (Å²) in [5.74, 6) is 5.80. The lowest BCUT2D eigenvalue weighted by Gasteiger charge is -2.15. The van der Waals surface area contributed by atoms with E-state index < -0.39 is 9.84 Å². The van der Waals surface area contributed by atoms with Crippen molar-refractivity contribution >= 4 is 9.84 Å². The number of sulfone groups is 1. The first-order chi connectivity index (χ1) is 9.99. The summed E-state index contributed by atoms with van der Waals surface area (Å²) < 4.78 is 22.2. The summed E-state index contributed by atoms with van der Waals surface area (Å²) in [4.78, 5) is 0. The van der Waals surface area contributed by atoms with Crippen LogP contribution in [0, 0.1) is 0 Å².